The van der Waals surface area contributed by atoms with Gasteiger partial charge in [-0.2, -0.15) is 0 Å². The van der Waals surface area contributed by atoms with Crippen molar-refractivity contribution in [1.82, 2.24) is 4.90 Å². The van der Waals surface area contributed by atoms with Crippen LogP contribution >= 0.6 is 0 Å². The van der Waals surface area contributed by atoms with Gasteiger partial charge in [-0.1, -0.05) is 13.3 Å². The van der Waals surface area contributed by atoms with Crippen LogP contribution in [-0.2, 0) is 14.6 Å². The largest absolute Gasteiger partial charge is 0.338 e. The van der Waals surface area contributed by atoms with E-state index < -0.39 is 9.84 Å². The maximum atomic E-state index is 11.6. The van der Waals surface area contributed by atoms with E-state index >= 15 is 0 Å². The van der Waals surface area contributed by atoms with Crippen molar-refractivity contribution in [2.24, 2.45) is 5.73 Å². The highest BCUT2D eigenvalue weighted by Crippen LogP contribution is 2.18. The van der Waals surface area contributed by atoms with Gasteiger partial charge in [0.15, 0.2) is 9.84 Å². The predicted octanol–water partition coefficient (Wildman–Crippen LogP) is -0.239. The Labute approximate surface area is 96.9 Å². The molecule has 2 N–H and O–H groups in total. The minimum atomic E-state index is -2.94. The Bertz CT molecular complexity index is 340. The van der Waals surface area contributed by atoms with E-state index in [1.54, 1.807) is 4.90 Å². The van der Waals surface area contributed by atoms with Crippen molar-refractivity contribution in [3.8, 4) is 0 Å². The van der Waals surface area contributed by atoms with Crippen molar-refractivity contribution >= 4 is 15.7 Å². The van der Waals surface area contributed by atoms with E-state index in [2.05, 4.69) is 0 Å². The fraction of sp³-hybridized carbons (Fsp3) is 0.900. The number of sulfone groups is 1. The minimum absolute atomic E-state index is 0.0414. The maximum absolute atomic E-state index is 11.6. The molecule has 16 heavy (non-hydrogen) atoms. The summed E-state index contributed by atoms with van der Waals surface area (Å²) >= 11 is 0. The van der Waals surface area contributed by atoms with Gasteiger partial charge in [-0.25, -0.2) is 8.42 Å². The van der Waals surface area contributed by atoms with Gasteiger partial charge in [-0.3, -0.25) is 4.79 Å². The van der Waals surface area contributed by atoms with Gasteiger partial charge in [0.2, 0.25) is 5.91 Å². The molecule has 1 amide bonds. The number of hydrogen-bond donors (Lipinski definition) is 1. The fourth-order valence-corrected chi connectivity index (χ4v) is 3.71. The number of nitrogens with two attached hydrogens (primary N) is 1. The predicted molar refractivity (Wildman–Crippen MR) is 62.7 cm³/mol. The lowest BCUT2D eigenvalue weighted by Crippen LogP contribution is -2.44. The van der Waals surface area contributed by atoms with Gasteiger partial charge >= 0.3 is 0 Å². The molecule has 1 aliphatic rings. The van der Waals surface area contributed by atoms with Gasteiger partial charge in [0.05, 0.1) is 18.1 Å². The third-order valence-corrected chi connectivity index (χ3v) is 4.65. The van der Waals surface area contributed by atoms with E-state index in [4.69, 9.17) is 5.73 Å². The molecule has 0 saturated carbocycles. The average molecular weight is 248 g/mol. The molecule has 94 valence electrons. The van der Waals surface area contributed by atoms with Crippen molar-refractivity contribution in [1.29, 1.82) is 0 Å². The molecule has 0 radical (unpaired) electrons. The van der Waals surface area contributed by atoms with Crippen LogP contribution < -0.4 is 5.73 Å². The fourth-order valence-electron chi connectivity index (χ4n) is 1.98. The zero-order valence-electron chi connectivity index (χ0n) is 9.68. The third-order valence-electron chi connectivity index (χ3n) is 2.90. The van der Waals surface area contributed by atoms with Crippen LogP contribution in [-0.4, -0.2) is 49.9 Å². The molecule has 0 aromatic heterocycles. The van der Waals surface area contributed by atoms with Crippen LogP contribution in [0, 0.1) is 0 Å². The molecular weight excluding hydrogens is 228 g/mol. The second-order valence-electron chi connectivity index (χ2n) is 4.20. The van der Waals surface area contributed by atoms with E-state index in [0.29, 0.717) is 13.0 Å². The first-order valence-corrected chi connectivity index (χ1v) is 7.52. The first-order valence-electron chi connectivity index (χ1n) is 5.70. The molecule has 5 nitrogen and oxygen atoms in total. The molecule has 0 spiro atoms. The van der Waals surface area contributed by atoms with Crippen LogP contribution in [0.5, 0.6) is 0 Å². The van der Waals surface area contributed by atoms with Crippen molar-refractivity contribution in [2.45, 2.75) is 32.2 Å². The summed E-state index contributed by atoms with van der Waals surface area (Å²) in [6, 6.07) is -0.160. The minimum Gasteiger partial charge on any atom is -0.338 e. The van der Waals surface area contributed by atoms with Crippen molar-refractivity contribution in [3.63, 3.8) is 0 Å². The van der Waals surface area contributed by atoms with E-state index in [1.807, 2.05) is 6.92 Å². The highest BCUT2D eigenvalue weighted by atomic mass is 32.2. The summed E-state index contributed by atoms with van der Waals surface area (Å²) in [6.45, 7) is 2.61. The zero-order chi connectivity index (χ0) is 12.2. The van der Waals surface area contributed by atoms with Crippen molar-refractivity contribution in [2.75, 3.05) is 24.6 Å². The third kappa shape index (κ3) is 3.45. The second-order valence-corrected chi connectivity index (χ2v) is 6.43. The Morgan fingerprint density at radius 1 is 1.50 bits per heavy atom. The lowest BCUT2D eigenvalue weighted by atomic mass is 10.2. The molecule has 1 rings (SSSR count). The molecule has 1 heterocycles. The molecule has 1 aliphatic heterocycles. The summed E-state index contributed by atoms with van der Waals surface area (Å²) < 4.78 is 22.7. The molecule has 0 aliphatic carbocycles. The van der Waals surface area contributed by atoms with E-state index in [-0.39, 0.29) is 30.0 Å². The summed E-state index contributed by atoms with van der Waals surface area (Å²) in [7, 11) is -2.94. The van der Waals surface area contributed by atoms with E-state index in [0.717, 1.165) is 12.8 Å². The zero-order valence-corrected chi connectivity index (χ0v) is 10.5. The van der Waals surface area contributed by atoms with Crippen LogP contribution in [0.2, 0.25) is 0 Å². The Kier molecular flexibility index (Phi) is 4.73. The number of hydrogen-bond acceptors (Lipinski definition) is 4. The van der Waals surface area contributed by atoms with E-state index in [9.17, 15) is 13.2 Å². The number of nitrogens with zero attached hydrogens (tertiary/aromatic N) is 1. The average Bonchev–Trinajstić information content (AvgIpc) is 2.59. The molecule has 0 aromatic carbocycles. The van der Waals surface area contributed by atoms with Crippen molar-refractivity contribution in [3.05, 3.63) is 0 Å². The lowest BCUT2D eigenvalue weighted by Gasteiger charge is -2.27. The number of unbranched alkanes of at least 4 members (excludes halogenated alkanes) is 1. The van der Waals surface area contributed by atoms with Crippen LogP contribution in [0.3, 0.4) is 0 Å². The Morgan fingerprint density at radius 3 is 2.62 bits per heavy atom. The monoisotopic (exact) mass is 248 g/mol. The first-order chi connectivity index (χ1) is 7.50. The quantitative estimate of drug-likeness (QED) is 0.728. The van der Waals surface area contributed by atoms with Gasteiger partial charge in [0, 0.05) is 12.6 Å². The molecular formula is C10H20N2O3S. The standard InChI is InChI=1S/C10H20N2O3S/c1-2-3-5-12(10(13)7-11)9-4-6-16(14,15)8-9/h9H,2-8,11H2,1H3. The smallest absolute Gasteiger partial charge is 0.236 e. The molecule has 1 atom stereocenters. The summed E-state index contributed by atoms with van der Waals surface area (Å²) in [6.07, 6.45) is 2.42. The van der Waals surface area contributed by atoms with Gasteiger partial charge < -0.3 is 10.6 Å². The van der Waals surface area contributed by atoms with Crippen LogP contribution in [0.1, 0.15) is 26.2 Å². The lowest BCUT2D eigenvalue weighted by molar-refractivity contribution is -0.131. The molecule has 6 heteroatoms. The van der Waals surface area contributed by atoms with Crippen LogP contribution in [0.15, 0.2) is 0 Å². The van der Waals surface area contributed by atoms with Crippen LogP contribution in [0.25, 0.3) is 0 Å². The maximum Gasteiger partial charge on any atom is 0.236 e. The van der Waals surface area contributed by atoms with Gasteiger partial charge in [-0.15, -0.1) is 0 Å². The Balaban J connectivity index is 2.66. The van der Waals surface area contributed by atoms with Gasteiger partial charge in [-0.05, 0) is 12.8 Å². The summed E-state index contributed by atoms with van der Waals surface area (Å²) in [5, 5.41) is 0. The summed E-state index contributed by atoms with van der Waals surface area (Å²) in [4.78, 5) is 13.3. The molecule has 0 aromatic rings. The SMILES string of the molecule is CCCCN(C(=O)CN)C1CCS(=O)(=O)C1. The number of rotatable bonds is 5. The summed E-state index contributed by atoms with van der Waals surface area (Å²) in [5.74, 6) is 0.149. The second kappa shape index (κ2) is 5.63. The molecule has 1 unspecified atom stereocenters. The highest BCUT2D eigenvalue weighted by Gasteiger charge is 2.33. The molecule has 1 saturated heterocycles. The Morgan fingerprint density at radius 2 is 2.19 bits per heavy atom. The number of amides is 1. The molecule has 0 bridgehead atoms. The Hall–Kier alpha value is -0.620. The highest BCUT2D eigenvalue weighted by molar-refractivity contribution is 7.91. The number of carbonyl (C=O) groups is 1. The number of carbonyl (C=O) groups excluding carboxylic acids is 1. The summed E-state index contributed by atoms with van der Waals surface area (Å²) in [5.41, 5.74) is 5.34. The van der Waals surface area contributed by atoms with Gasteiger partial charge in [0.25, 0.3) is 0 Å². The van der Waals surface area contributed by atoms with E-state index in [1.165, 1.54) is 0 Å². The van der Waals surface area contributed by atoms with Crippen LogP contribution in [0.4, 0.5) is 0 Å². The van der Waals surface area contributed by atoms with Gasteiger partial charge in [0.1, 0.15) is 0 Å². The topological polar surface area (TPSA) is 80.5 Å². The normalized spacial score (nSPS) is 23.2. The first kappa shape index (κ1) is 13.4. The molecule has 1 fully saturated rings. The van der Waals surface area contributed by atoms with Crippen molar-refractivity contribution < 1.29 is 13.2 Å².